The number of hydrogen-bond donors (Lipinski definition) is 2. The number of hydrazine groups is 1. The Morgan fingerprint density at radius 1 is 1.08 bits per heavy atom. The van der Waals surface area contributed by atoms with Gasteiger partial charge in [0.05, 0.1) is 12.8 Å². The molecule has 126 valence electrons. The number of hydrogen-bond acceptors (Lipinski definition) is 4. The van der Waals surface area contributed by atoms with Crippen molar-refractivity contribution in [2.45, 2.75) is 25.7 Å². The Kier molecular flexibility index (Phi) is 5.15. The van der Waals surface area contributed by atoms with Crippen LogP contribution < -0.4 is 15.8 Å². The third-order valence-corrected chi connectivity index (χ3v) is 4.06. The molecular weight excluding hydrogens is 306 g/mol. The molecule has 0 radical (unpaired) electrons. The molecule has 1 aliphatic rings. The summed E-state index contributed by atoms with van der Waals surface area (Å²) in [5, 5.41) is 0. The Balaban J connectivity index is 1.44. The van der Waals surface area contributed by atoms with E-state index in [1.54, 1.807) is 12.3 Å². The van der Waals surface area contributed by atoms with Gasteiger partial charge in [-0.2, -0.15) is 0 Å². The fraction of sp³-hybridized carbons (Fsp3) is 0.333. The van der Waals surface area contributed by atoms with Gasteiger partial charge in [-0.1, -0.05) is 18.2 Å². The predicted octanol–water partition coefficient (Wildman–Crippen LogP) is 1.81. The molecule has 0 atom stereocenters. The molecule has 6 nitrogen and oxygen atoms in total. The van der Waals surface area contributed by atoms with Crippen molar-refractivity contribution in [1.82, 2.24) is 10.9 Å². The molecule has 0 bridgehead atoms. The summed E-state index contributed by atoms with van der Waals surface area (Å²) in [4.78, 5) is 25.9. The zero-order valence-electron chi connectivity index (χ0n) is 13.5. The largest absolute Gasteiger partial charge is 0.469 e. The van der Waals surface area contributed by atoms with Crippen molar-refractivity contribution >= 4 is 17.5 Å². The third-order valence-electron chi connectivity index (χ3n) is 4.06. The second-order valence-corrected chi connectivity index (χ2v) is 5.83. The van der Waals surface area contributed by atoms with Gasteiger partial charge in [-0.15, -0.1) is 0 Å². The zero-order valence-corrected chi connectivity index (χ0v) is 13.5. The van der Waals surface area contributed by atoms with Crippen LogP contribution in [-0.2, 0) is 22.4 Å². The van der Waals surface area contributed by atoms with Gasteiger partial charge >= 0.3 is 0 Å². The van der Waals surface area contributed by atoms with Gasteiger partial charge in [0.25, 0.3) is 5.91 Å². The van der Waals surface area contributed by atoms with Crippen LogP contribution in [0.5, 0.6) is 0 Å². The van der Waals surface area contributed by atoms with E-state index in [0.29, 0.717) is 6.42 Å². The van der Waals surface area contributed by atoms with Gasteiger partial charge in [0.15, 0.2) is 0 Å². The molecule has 2 aromatic rings. The van der Waals surface area contributed by atoms with Crippen LogP contribution in [0.25, 0.3) is 0 Å². The van der Waals surface area contributed by atoms with Crippen LogP contribution in [0.15, 0.2) is 47.1 Å². The highest BCUT2D eigenvalue weighted by atomic mass is 16.3. The molecule has 3 rings (SSSR count). The molecule has 2 heterocycles. The molecule has 0 saturated carbocycles. The van der Waals surface area contributed by atoms with Crippen LogP contribution in [-0.4, -0.2) is 24.9 Å². The maximum absolute atomic E-state index is 12.1. The van der Waals surface area contributed by atoms with Crippen molar-refractivity contribution in [3.63, 3.8) is 0 Å². The number of aryl methyl sites for hydroxylation is 2. The molecule has 1 aromatic heterocycles. The van der Waals surface area contributed by atoms with Crippen molar-refractivity contribution in [1.29, 1.82) is 0 Å². The SMILES string of the molecule is O=C(CCc1ccco1)NNC(=O)CN1CCCc2ccccc21. The number of nitrogens with one attached hydrogen (secondary N) is 2. The fourth-order valence-electron chi connectivity index (χ4n) is 2.88. The first-order valence-corrected chi connectivity index (χ1v) is 8.15. The molecule has 2 N–H and O–H groups in total. The summed E-state index contributed by atoms with van der Waals surface area (Å²) in [5.41, 5.74) is 7.29. The predicted molar refractivity (Wildman–Crippen MR) is 90.3 cm³/mol. The molecular formula is C18H21N3O3. The van der Waals surface area contributed by atoms with Gasteiger partial charge in [-0.3, -0.25) is 20.4 Å². The minimum absolute atomic E-state index is 0.224. The number of anilines is 1. The third kappa shape index (κ3) is 4.16. The second kappa shape index (κ2) is 7.68. The lowest BCUT2D eigenvalue weighted by atomic mass is 10.0. The highest BCUT2D eigenvalue weighted by Gasteiger charge is 2.18. The number of rotatable bonds is 5. The standard InChI is InChI=1S/C18H21N3O3/c22-17(10-9-15-7-4-12-24-15)19-20-18(23)13-21-11-3-6-14-5-1-2-8-16(14)21/h1-2,4-5,7-8,12H,3,6,9-11,13H2,(H,19,22)(H,20,23). The van der Waals surface area contributed by atoms with E-state index >= 15 is 0 Å². The van der Waals surface area contributed by atoms with E-state index in [2.05, 4.69) is 16.9 Å². The average molecular weight is 327 g/mol. The first-order valence-electron chi connectivity index (χ1n) is 8.15. The van der Waals surface area contributed by atoms with Gasteiger partial charge in [-0.25, -0.2) is 0 Å². The normalized spacial score (nSPS) is 13.2. The van der Waals surface area contributed by atoms with Crippen LogP contribution in [0.2, 0.25) is 0 Å². The fourth-order valence-corrected chi connectivity index (χ4v) is 2.88. The molecule has 0 saturated heterocycles. The number of fused-ring (bicyclic) bond motifs is 1. The topological polar surface area (TPSA) is 74.6 Å². The molecule has 1 aliphatic heterocycles. The Morgan fingerprint density at radius 3 is 2.75 bits per heavy atom. The number of para-hydroxylation sites is 1. The second-order valence-electron chi connectivity index (χ2n) is 5.83. The number of nitrogens with zero attached hydrogens (tertiary/aromatic N) is 1. The van der Waals surface area contributed by atoms with Crippen molar-refractivity contribution in [3.05, 3.63) is 54.0 Å². The van der Waals surface area contributed by atoms with E-state index in [9.17, 15) is 9.59 Å². The Labute approximate surface area is 140 Å². The number of furan rings is 1. The zero-order chi connectivity index (χ0) is 16.8. The molecule has 6 heteroatoms. The lowest BCUT2D eigenvalue weighted by Gasteiger charge is -2.30. The number of carbonyl (C=O) groups is 2. The highest BCUT2D eigenvalue weighted by molar-refractivity contribution is 5.85. The van der Waals surface area contributed by atoms with Crippen LogP contribution in [0.1, 0.15) is 24.2 Å². The van der Waals surface area contributed by atoms with Crippen molar-refractivity contribution < 1.29 is 14.0 Å². The van der Waals surface area contributed by atoms with Crippen molar-refractivity contribution in [2.75, 3.05) is 18.0 Å². The first kappa shape index (κ1) is 16.1. The monoisotopic (exact) mass is 327 g/mol. The minimum atomic E-state index is -0.237. The lowest BCUT2D eigenvalue weighted by molar-refractivity contribution is -0.128. The van der Waals surface area contributed by atoms with Gasteiger partial charge in [0.1, 0.15) is 5.76 Å². The summed E-state index contributed by atoms with van der Waals surface area (Å²) in [6, 6.07) is 11.7. The molecule has 24 heavy (non-hydrogen) atoms. The van der Waals surface area contributed by atoms with Gasteiger partial charge < -0.3 is 9.32 Å². The van der Waals surface area contributed by atoms with Crippen LogP contribution >= 0.6 is 0 Å². The molecule has 2 amide bonds. The van der Waals surface area contributed by atoms with E-state index in [1.165, 1.54) is 5.56 Å². The van der Waals surface area contributed by atoms with E-state index < -0.39 is 0 Å². The van der Waals surface area contributed by atoms with E-state index in [1.807, 2.05) is 29.2 Å². The summed E-state index contributed by atoms with van der Waals surface area (Å²) < 4.78 is 5.17. The molecule has 0 spiro atoms. The quantitative estimate of drug-likeness (QED) is 0.822. The summed E-state index contributed by atoms with van der Waals surface area (Å²) >= 11 is 0. The van der Waals surface area contributed by atoms with Crippen molar-refractivity contribution in [3.8, 4) is 0 Å². The minimum Gasteiger partial charge on any atom is -0.469 e. The highest BCUT2D eigenvalue weighted by Crippen LogP contribution is 2.26. The van der Waals surface area contributed by atoms with Crippen LogP contribution in [0.3, 0.4) is 0 Å². The summed E-state index contributed by atoms with van der Waals surface area (Å²) in [6.07, 6.45) is 4.41. The smallest absolute Gasteiger partial charge is 0.257 e. The van der Waals surface area contributed by atoms with E-state index in [4.69, 9.17) is 4.42 Å². The maximum atomic E-state index is 12.1. The Hall–Kier alpha value is -2.76. The molecule has 0 aliphatic carbocycles. The first-order chi connectivity index (χ1) is 11.7. The van der Waals surface area contributed by atoms with Crippen LogP contribution in [0.4, 0.5) is 5.69 Å². The number of carbonyl (C=O) groups excluding carboxylic acids is 2. The maximum Gasteiger partial charge on any atom is 0.257 e. The molecule has 0 fully saturated rings. The summed E-state index contributed by atoms with van der Waals surface area (Å²) in [7, 11) is 0. The van der Waals surface area contributed by atoms with E-state index in [-0.39, 0.29) is 24.8 Å². The summed E-state index contributed by atoms with van der Waals surface area (Å²) in [6.45, 7) is 1.08. The van der Waals surface area contributed by atoms with Crippen LogP contribution in [0, 0.1) is 0 Å². The van der Waals surface area contributed by atoms with Gasteiger partial charge in [0.2, 0.25) is 5.91 Å². The Morgan fingerprint density at radius 2 is 1.92 bits per heavy atom. The van der Waals surface area contributed by atoms with Gasteiger partial charge in [0, 0.05) is 25.1 Å². The molecule has 0 unspecified atom stereocenters. The number of amides is 2. The molecule has 1 aromatic carbocycles. The van der Waals surface area contributed by atoms with Gasteiger partial charge in [-0.05, 0) is 36.6 Å². The summed E-state index contributed by atoms with van der Waals surface area (Å²) in [5.74, 6) is 0.290. The lowest BCUT2D eigenvalue weighted by Crippen LogP contribution is -2.47. The Bertz CT molecular complexity index is 697. The number of benzene rings is 1. The average Bonchev–Trinajstić information content (AvgIpc) is 3.12. The van der Waals surface area contributed by atoms with Crippen molar-refractivity contribution in [2.24, 2.45) is 0 Å². The van der Waals surface area contributed by atoms with E-state index in [0.717, 1.165) is 30.8 Å².